The minimum absolute atomic E-state index is 0.562. The van der Waals surface area contributed by atoms with E-state index in [-0.39, 0.29) is 0 Å². The van der Waals surface area contributed by atoms with Crippen LogP contribution in [0.4, 0.5) is 0 Å². The first-order valence-corrected chi connectivity index (χ1v) is 8.95. The van der Waals surface area contributed by atoms with Crippen LogP contribution >= 0.6 is 34.8 Å². The van der Waals surface area contributed by atoms with Gasteiger partial charge in [-0.05, 0) is 12.8 Å². The van der Waals surface area contributed by atoms with Crippen LogP contribution in [-0.4, -0.2) is 39.9 Å². The molecule has 0 saturated carbocycles. The van der Waals surface area contributed by atoms with Gasteiger partial charge < -0.3 is 8.85 Å². The first-order valence-electron chi connectivity index (χ1n) is 5.11. The predicted molar refractivity (Wildman–Crippen MR) is 69.7 cm³/mol. The Hall–Kier alpha value is 1.01. The van der Waals surface area contributed by atoms with Crippen molar-refractivity contribution in [3.63, 3.8) is 0 Å². The van der Waals surface area contributed by atoms with Crippen LogP contribution in [0.2, 0.25) is 12.1 Å². The number of unbranched alkanes of at least 4 members (excludes halogenated alkanes) is 1. The quantitative estimate of drug-likeness (QED) is 0.348. The molecular weight excluding hydrogens is 275 g/mol. The number of hydrogen-bond acceptors (Lipinski definition) is 2. The lowest BCUT2D eigenvalue weighted by Gasteiger charge is -2.27. The first-order chi connectivity index (χ1) is 7.24. The minimum atomic E-state index is -2.13. The Morgan fingerprint density at radius 2 is 1.53 bits per heavy atom. The zero-order valence-electron chi connectivity index (χ0n) is 9.11. The van der Waals surface area contributed by atoms with Crippen molar-refractivity contribution in [3.05, 3.63) is 0 Å². The van der Waals surface area contributed by atoms with Crippen LogP contribution in [-0.2, 0) is 8.85 Å². The van der Waals surface area contributed by atoms with Gasteiger partial charge >= 0.3 is 8.56 Å². The van der Waals surface area contributed by atoms with Crippen LogP contribution < -0.4 is 0 Å². The van der Waals surface area contributed by atoms with Crippen molar-refractivity contribution in [2.75, 3.05) is 31.4 Å². The zero-order chi connectivity index (χ0) is 11.6. The van der Waals surface area contributed by atoms with Gasteiger partial charge in [0.05, 0.1) is 0 Å². The highest BCUT2D eigenvalue weighted by Crippen LogP contribution is 2.20. The summed E-state index contributed by atoms with van der Waals surface area (Å²) in [4.78, 5) is 0. The Balaban J connectivity index is 3.96. The van der Waals surface area contributed by atoms with Crippen LogP contribution in [0, 0.1) is 0 Å². The number of hydrogen-bond donors (Lipinski definition) is 0. The summed E-state index contributed by atoms with van der Waals surface area (Å²) < 4.78 is 11.4. The fourth-order valence-electron chi connectivity index (χ4n) is 1.28. The third kappa shape index (κ3) is 7.03. The highest BCUT2D eigenvalue weighted by atomic mass is 35.5. The Morgan fingerprint density at radius 3 is 1.93 bits per heavy atom. The molecule has 0 radical (unpaired) electrons. The van der Waals surface area contributed by atoms with Gasteiger partial charge in [0, 0.05) is 43.4 Å². The lowest BCUT2D eigenvalue weighted by molar-refractivity contribution is 0.197. The first kappa shape index (κ1) is 16.0. The maximum atomic E-state index is 5.85. The molecule has 0 unspecified atom stereocenters. The molecule has 0 aromatic heterocycles. The second-order valence-corrected chi connectivity index (χ2v) is 7.89. The summed E-state index contributed by atoms with van der Waals surface area (Å²) in [7, 11) is -0.439. The van der Waals surface area contributed by atoms with Gasteiger partial charge in [-0.15, -0.1) is 34.8 Å². The molecule has 0 spiro atoms. The summed E-state index contributed by atoms with van der Waals surface area (Å²) in [6, 6.07) is 1.58. The van der Waals surface area contributed by atoms with Gasteiger partial charge in [0.1, 0.15) is 0 Å². The summed E-state index contributed by atoms with van der Waals surface area (Å²) in [5.74, 6) is 1.80. The van der Waals surface area contributed by atoms with E-state index in [4.69, 9.17) is 43.7 Å². The molecule has 92 valence electrons. The molecule has 15 heavy (non-hydrogen) atoms. The van der Waals surface area contributed by atoms with Gasteiger partial charge in [-0.25, -0.2) is 0 Å². The van der Waals surface area contributed by atoms with Crippen molar-refractivity contribution >= 4 is 43.4 Å². The molecule has 0 fully saturated rings. The van der Waals surface area contributed by atoms with Crippen molar-refractivity contribution in [1.29, 1.82) is 0 Å². The molecule has 6 heteroatoms. The van der Waals surface area contributed by atoms with E-state index in [9.17, 15) is 0 Å². The molecule has 0 heterocycles. The molecule has 0 bridgehead atoms. The van der Waals surface area contributed by atoms with E-state index in [0.717, 1.165) is 24.9 Å². The number of alkyl halides is 3. The molecule has 2 nitrogen and oxygen atoms in total. The van der Waals surface area contributed by atoms with Gasteiger partial charge in [-0.1, -0.05) is 0 Å². The van der Waals surface area contributed by atoms with Gasteiger partial charge in [0.15, 0.2) is 0 Å². The summed E-state index contributed by atoms with van der Waals surface area (Å²) >= 11 is 17.1. The highest BCUT2D eigenvalue weighted by molar-refractivity contribution is 6.68. The van der Waals surface area contributed by atoms with E-state index < -0.39 is 8.56 Å². The van der Waals surface area contributed by atoms with Crippen molar-refractivity contribution < 1.29 is 8.85 Å². The monoisotopic (exact) mass is 292 g/mol. The smallest absolute Gasteiger partial charge is 0.340 e. The standard InChI is InChI=1S/C9H19Cl3O2Si/c1-13-15(8-5-11,9-6-12)14-7-3-2-4-10/h2-9H2,1H3. The van der Waals surface area contributed by atoms with Gasteiger partial charge in [0.25, 0.3) is 0 Å². The fraction of sp³-hybridized carbons (Fsp3) is 1.00. The Labute approximate surface area is 108 Å². The topological polar surface area (TPSA) is 18.5 Å². The van der Waals surface area contributed by atoms with E-state index in [0.29, 0.717) is 24.2 Å². The lowest BCUT2D eigenvalue weighted by atomic mass is 10.4. The number of rotatable bonds is 10. The summed E-state index contributed by atoms with van der Waals surface area (Å²) in [6.45, 7) is 0.695. The van der Waals surface area contributed by atoms with E-state index >= 15 is 0 Å². The maximum absolute atomic E-state index is 5.85. The Morgan fingerprint density at radius 1 is 0.933 bits per heavy atom. The van der Waals surface area contributed by atoms with Gasteiger partial charge in [0.2, 0.25) is 0 Å². The second kappa shape index (κ2) is 10.2. The van der Waals surface area contributed by atoms with Crippen LogP contribution in [0.25, 0.3) is 0 Å². The molecule has 0 saturated heterocycles. The van der Waals surface area contributed by atoms with E-state index in [1.165, 1.54) is 0 Å². The molecule has 0 aliphatic heterocycles. The van der Waals surface area contributed by atoms with Crippen LogP contribution in [0.5, 0.6) is 0 Å². The second-order valence-electron chi connectivity index (χ2n) is 3.24. The van der Waals surface area contributed by atoms with E-state index in [1.807, 2.05) is 0 Å². The summed E-state index contributed by atoms with van der Waals surface area (Å²) in [5, 5.41) is 0. The summed E-state index contributed by atoms with van der Waals surface area (Å²) in [6.07, 6.45) is 1.93. The molecule has 0 rings (SSSR count). The van der Waals surface area contributed by atoms with Gasteiger partial charge in [-0.2, -0.15) is 0 Å². The molecule has 0 aliphatic carbocycles. The Kier molecular flexibility index (Phi) is 10.9. The van der Waals surface area contributed by atoms with Crippen LogP contribution in [0.15, 0.2) is 0 Å². The molecule has 0 aromatic rings. The van der Waals surface area contributed by atoms with Crippen LogP contribution in [0.1, 0.15) is 12.8 Å². The third-order valence-corrected chi connectivity index (χ3v) is 6.99. The molecule has 0 aliphatic rings. The Bertz CT molecular complexity index is 143. The van der Waals surface area contributed by atoms with Crippen LogP contribution in [0.3, 0.4) is 0 Å². The lowest BCUT2D eigenvalue weighted by Crippen LogP contribution is -2.42. The zero-order valence-corrected chi connectivity index (χ0v) is 12.4. The van der Waals surface area contributed by atoms with E-state index in [2.05, 4.69) is 0 Å². The summed E-state index contributed by atoms with van der Waals surface area (Å²) in [5.41, 5.74) is 0. The maximum Gasteiger partial charge on any atom is 0.340 e. The van der Waals surface area contributed by atoms with Crippen molar-refractivity contribution in [1.82, 2.24) is 0 Å². The molecular formula is C9H19Cl3O2Si. The average Bonchev–Trinajstić information content (AvgIpc) is 2.25. The van der Waals surface area contributed by atoms with Crippen molar-refractivity contribution in [2.24, 2.45) is 0 Å². The van der Waals surface area contributed by atoms with E-state index in [1.54, 1.807) is 7.11 Å². The SMILES string of the molecule is CO[Si](CCCl)(CCCl)OCCCCCl. The highest BCUT2D eigenvalue weighted by Gasteiger charge is 2.35. The molecule has 0 aromatic carbocycles. The third-order valence-electron chi connectivity index (χ3n) is 2.22. The largest absolute Gasteiger partial charge is 0.398 e. The molecule has 0 atom stereocenters. The number of halogens is 3. The van der Waals surface area contributed by atoms with Crippen molar-refractivity contribution in [2.45, 2.75) is 24.9 Å². The predicted octanol–water partition coefficient (Wildman–Crippen LogP) is 3.59. The average molecular weight is 294 g/mol. The van der Waals surface area contributed by atoms with Crippen molar-refractivity contribution in [3.8, 4) is 0 Å². The van der Waals surface area contributed by atoms with Gasteiger partial charge in [-0.3, -0.25) is 0 Å². The fourth-order valence-corrected chi connectivity index (χ4v) is 5.35. The molecule has 0 amide bonds. The normalized spacial score (nSPS) is 12.0. The minimum Gasteiger partial charge on any atom is -0.398 e. The molecule has 0 N–H and O–H groups in total.